The summed E-state index contributed by atoms with van der Waals surface area (Å²) >= 11 is 3.35. The van der Waals surface area contributed by atoms with E-state index in [0.717, 1.165) is 9.15 Å². The molecule has 0 radical (unpaired) electrons. The van der Waals surface area contributed by atoms with Gasteiger partial charge in [0.05, 0.1) is 6.54 Å². The monoisotopic (exact) mass is 375 g/mol. The summed E-state index contributed by atoms with van der Waals surface area (Å²) in [4.78, 5) is 23.0. The van der Waals surface area contributed by atoms with Crippen LogP contribution in [0.4, 0.5) is 0 Å². The summed E-state index contributed by atoms with van der Waals surface area (Å²) in [6.07, 6.45) is 0. The van der Waals surface area contributed by atoms with Crippen LogP contribution in [0.25, 0.3) is 0 Å². The second kappa shape index (κ2) is 8.15. The molecule has 118 valence electrons. The number of aromatic nitrogens is 2. The van der Waals surface area contributed by atoms with Crippen LogP contribution < -0.4 is 15.6 Å². The van der Waals surface area contributed by atoms with Gasteiger partial charge in [0, 0.05) is 17.6 Å². The maximum Gasteiger partial charge on any atom is 0.272 e. The van der Waals surface area contributed by atoms with E-state index < -0.39 is 0 Å². The van der Waals surface area contributed by atoms with Crippen LogP contribution >= 0.6 is 15.9 Å². The molecule has 0 saturated carbocycles. The van der Waals surface area contributed by atoms with E-state index in [2.05, 4.69) is 38.2 Å². The summed E-state index contributed by atoms with van der Waals surface area (Å²) in [5.41, 5.74) is -0.106. The van der Waals surface area contributed by atoms with Crippen LogP contribution in [0.1, 0.15) is 10.5 Å². The SMILES string of the molecule is Cn1nc(C(=O)NCC#CCOc2cccc(Br)c2)ccc1=O. The molecule has 7 heteroatoms. The molecule has 0 spiro atoms. The first-order chi connectivity index (χ1) is 11.1. The Morgan fingerprint density at radius 2 is 2.17 bits per heavy atom. The van der Waals surface area contributed by atoms with E-state index >= 15 is 0 Å². The van der Waals surface area contributed by atoms with Crippen molar-refractivity contribution < 1.29 is 9.53 Å². The van der Waals surface area contributed by atoms with E-state index in [0.29, 0.717) is 5.75 Å². The summed E-state index contributed by atoms with van der Waals surface area (Å²) in [6.45, 7) is 0.398. The highest BCUT2D eigenvalue weighted by Crippen LogP contribution is 2.17. The first-order valence-electron chi connectivity index (χ1n) is 6.73. The minimum Gasteiger partial charge on any atom is -0.481 e. The van der Waals surface area contributed by atoms with E-state index in [9.17, 15) is 9.59 Å². The van der Waals surface area contributed by atoms with Gasteiger partial charge in [-0.3, -0.25) is 9.59 Å². The number of rotatable bonds is 4. The van der Waals surface area contributed by atoms with Crippen molar-refractivity contribution in [2.24, 2.45) is 7.05 Å². The molecule has 23 heavy (non-hydrogen) atoms. The van der Waals surface area contributed by atoms with Gasteiger partial charge in [0.1, 0.15) is 18.1 Å². The van der Waals surface area contributed by atoms with Gasteiger partial charge in [0.2, 0.25) is 0 Å². The molecular weight excluding hydrogens is 362 g/mol. The molecule has 6 nitrogen and oxygen atoms in total. The zero-order chi connectivity index (χ0) is 16.7. The number of benzene rings is 1. The number of hydrogen-bond acceptors (Lipinski definition) is 4. The molecule has 1 heterocycles. The summed E-state index contributed by atoms with van der Waals surface area (Å²) < 4.78 is 7.47. The standard InChI is InChI=1S/C16H14BrN3O3/c1-20-15(21)8-7-14(19-20)16(22)18-9-2-3-10-23-13-6-4-5-12(17)11-13/h4-8,11H,9-10H2,1H3,(H,18,22). The zero-order valence-electron chi connectivity index (χ0n) is 12.4. The molecule has 1 N–H and O–H groups in total. The number of ether oxygens (including phenoxy) is 1. The lowest BCUT2D eigenvalue weighted by Crippen LogP contribution is -2.28. The molecule has 2 aromatic rings. The Bertz CT molecular complexity index is 821. The quantitative estimate of drug-likeness (QED) is 0.818. The van der Waals surface area contributed by atoms with Crippen LogP contribution in [0, 0.1) is 11.8 Å². The Hall–Kier alpha value is -2.59. The van der Waals surface area contributed by atoms with Crippen molar-refractivity contribution in [3.05, 3.63) is 56.9 Å². The van der Waals surface area contributed by atoms with Crippen molar-refractivity contribution in [2.75, 3.05) is 13.2 Å². The third-order valence-electron chi connectivity index (χ3n) is 2.76. The van der Waals surface area contributed by atoms with Crippen LogP contribution in [0.5, 0.6) is 5.75 Å². The molecular formula is C16H14BrN3O3. The second-order valence-electron chi connectivity index (χ2n) is 4.46. The molecule has 0 bridgehead atoms. The third-order valence-corrected chi connectivity index (χ3v) is 3.26. The lowest BCUT2D eigenvalue weighted by atomic mass is 10.3. The van der Waals surface area contributed by atoms with E-state index in [4.69, 9.17) is 4.74 Å². The van der Waals surface area contributed by atoms with Crippen LogP contribution in [0.15, 0.2) is 45.7 Å². The van der Waals surface area contributed by atoms with Crippen LogP contribution in [0.2, 0.25) is 0 Å². The van der Waals surface area contributed by atoms with E-state index in [1.807, 2.05) is 24.3 Å². The molecule has 1 amide bonds. The van der Waals surface area contributed by atoms with Crippen LogP contribution in [0.3, 0.4) is 0 Å². The van der Waals surface area contributed by atoms with Crippen molar-refractivity contribution >= 4 is 21.8 Å². The first kappa shape index (κ1) is 16.8. The lowest BCUT2D eigenvalue weighted by molar-refractivity contribution is 0.0951. The summed E-state index contributed by atoms with van der Waals surface area (Å²) in [6, 6.07) is 10.1. The fourth-order valence-corrected chi connectivity index (χ4v) is 2.01. The number of amides is 1. The number of carbonyl (C=O) groups excluding carboxylic acids is 1. The predicted molar refractivity (Wildman–Crippen MR) is 89.2 cm³/mol. The molecule has 0 atom stereocenters. The van der Waals surface area contributed by atoms with Gasteiger partial charge in [-0.2, -0.15) is 5.10 Å². The average molecular weight is 376 g/mol. The Morgan fingerprint density at radius 3 is 2.91 bits per heavy atom. The molecule has 2 rings (SSSR count). The number of halogens is 1. The van der Waals surface area contributed by atoms with Crippen molar-refractivity contribution in [3.63, 3.8) is 0 Å². The summed E-state index contributed by atoms with van der Waals surface area (Å²) in [5.74, 6) is 5.91. The number of nitrogens with zero attached hydrogens (tertiary/aromatic N) is 2. The van der Waals surface area contributed by atoms with Gasteiger partial charge in [-0.1, -0.05) is 33.8 Å². The maximum atomic E-state index is 11.8. The van der Waals surface area contributed by atoms with Gasteiger partial charge in [-0.15, -0.1) is 0 Å². The molecule has 0 aliphatic rings. The Kier molecular flexibility index (Phi) is 5.94. The third kappa shape index (κ3) is 5.27. The van der Waals surface area contributed by atoms with Gasteiger partial charge < -0.3 is 10.1 Å². The number of hydrogen-bond donors (Lipinski definition) is 1. The number of carbonyl (C=O) groups is 1. The van der Waals surface area contributed by atoms with Gasteiger partial charge in [-0.05, 0) is 24.3 Å². The van der Waals surface area contributed by atoms with Gasteiger partial charge in [-0.25, -0.2) is 4.68 Å². The Labute approximate surface area is 141 Å². The molecule has 0 fully saturated rings. The van der Waals surface area contributed by atoms with E-state index in [1.165, 1.54) is 19.2 Å². The van der Waals surface area contributed by atoms with Gasteiger partial charge >= 0.3 is 0 Å². The predicted octanol–water partition coefficient (Wildman–Crippen LogP) is 1.35. The normalized spacial score (nSPS) is 9.65. The van der Waals surface area contributed by atoms with Crippen molar-refractivity contribution in [1.82, 2.24) is 15.1 Å². The zero-order valence-corrected chi connectivity index (χ0v) is 14.0. The molecule has 1 aromatic carbocycles. The topological polar surface area (TPSA) is 73.2 Å². The van der Waals surface area contributed by atoms with Gasteiger partial charge in [0.25, 0.3) is 11.5 Å². The van der Waals surface area contributed by atoms with E-state index in [1.54, 1.807) is 0 Å². The maximum absolute atomic E-state index is 11.8. The molecule has 1 aromatic heterocycles. The van der Waals surface area contributed by atoms with Crippen molar-refractivity contribution in [2.45, 2.75) is 0 Å². The fourth-order valence-electron chi connectivity index (χ4n) is 1.63. The highest BCUT2D eigenvalue weighted by molar-refractivity contribution is 9.10. The molecule has 0 unspecified atom stereocenters. The highest BCUT2D eigenvalue weighted by atomic mass is 79.9. The number of nitrogens with one attached hydrogen (secondary N) is 1. The fraction of sp³-hybridized carbons (Fsp3) is 0.188. The lowest BCUT2D eigenvalue weighted by Gasteiger charge is -2.02. The average Bonchev–Trinajstić information content (AvgIpc) is 2.53. The van der Waals surface area contributed by atoms with Gasteiger partial charge in [0.15, 0.2) is 0 Å². The smallest absolute Gasteiger partial charge is 0.272 e. The second-order valence-corrected chi connectivity index (χ2v) is 5.38. The largest absolute Gasteiger partial charge is 0.481 e. The summed E-state index contributed by atoms with van der Waals surface area (Å²) in [5, 5.41) is 6.45. The molecule has 0 aliphatic carbocycles. The Morgan fingerprint density at radius 1 is 1.35 bits per heavy atom. The number of aryl methyl sites for hydroxylation is 1. The highest BCUT2D eigenvalue weighted by Gasteiger charge is 2.06. The van der Waals surface area contributed by atoms with Crippen LogP contribution in [-0.2, 0) is 7.05 Å². The first-order valence-corrected chi connectivity index (χ1v) is 7.52. The molecule has 0 aliphatic heterocycles. The minimum absolute atomic E-state index is 0.166. The molecule has 0 saturated heterocycles. The van der Waals surface area contributed by atoms with Crippen molar-refractivity contribution in [3.8, 4) is 17.6 Å². The van der Waals surface area contributed by atoms with Crippen LogP contribution in [-0.4, -0.2) is 28.8 Å². The van der Waals surface area contributed by atoms with Crippen molar-refractivity contribution in [1.29, 1.82) is 0 Å². The Balaban J connectivity index is 1.77. The van der Waals surface area contributed by atoms with E-state index in [-0.39, 0.29) is 30.3 Å². The summed E-state index contributed by atoms with van der Waals surface area (Å²) in [7, 11) is 1.48. The minimum atomic E-state index is -0.386.